The van der Waals surface area contributed by atoms with E-state index in [-0.39, 0.29) is 58.3 Å². The largest absolute Gasteiger partial charge is 0.480 e. The molecule has 0 spiro atoms. The molecule has 0 aliphatic heterocycles. The Hall–Kier alpha value is -5.39. The van der Waals surface area contributed by atoms with Crippen LogP contribution in [0.3, 0.4) is 0 Å². The lowest BCUT2D eigenvalue weighted by Gasteiger charge is -2.24. The Balaban J connectivity index is -0.000000493. The highest BCUT2D eigenvalue weighted by Crippen LogP contribution is 2.11. The van der Waals surface area contributed by atoms with Gasteiger partial charge in [-0.3, -0.25) is 14.4 Å². The molecule has 0 aromatic heterocycles. The first-order valence-corrected chi connectivity index (χ1v) is 21.2. The number of alkyl carbamates (subject to hydrolysis) is 2. The fraction of sp³-hybridized carbons (Fsp3) is 0.644. The number of halogens is 1. The van der Waals surface area contributed by atoms with Crippen molar-refractivity contribution in [3.8, 4) is 0 Å². The average Bonchev–Trinajstić information content (AvgIpc) is 3.23. The van der Waals surface area contributed by atoms with Crippen molar-refractivity contribution in [3.63, 3.8) is 0 Å². The maximum atomic E-state index is 12.8. The molecule has 0 aliphatic carbocycles. The topological polar surface area (TPSA) is 305 Å². The molecule has 4 amide bonds. The molecular weight excluding hydrogens is 918 g/mol. The lowest BCUT2D eigenvalue weighted by Crippen LogP contribution is -2.48. The van der Waals surface area contributed by atoms with Crippen molar-refractivity contribution in [1.29, 1.82) is 0 Å². The van der Waals surface area contributed by atoms with Gasteiger partial charge in [-0.15, -0.1) is 38.7 Å². The van der Waals surface area contributed by atoms with Crippen LogP contribution in [0.2, 0.25) is 0 Å². The predicted octanol–water partition coefficient (Wildman–Crippen LogP) is 3.10. The summed E-state index contributed by atoms with van der Waals surface area (Å²) in [5.41, 5.74) is 3.98. The molecule has 0 unspecified atom stereocenters. The molecule has 0 saturated heterocycles. The van der Waals surface area contributed by atoms with Crippen molar-refractivity contribution in [2.45, 2.75) is 116 Å². The Morgan fingerprint density at radius 1 is 0.574 bits per heavy atom. The number of ketones is 1. The van der Waals surface area contributed by atoms with Gasteiger partial charge >= 0.3 is 30.1 Å². The summed E-state index contributed by atoms with van der Waals surface area (Å²) in [5.74, 6) is -4.42. The zero-order chi connectivity index (χ0) is 52.2. The summed E-state index contributed by atoms with van der Waals surface area (Å²) in [5, 5.41) is 18.6. The maximum Gasteiger partial charge on any atom is 0.408 e. The van der Waals surface area contributed by atoms with E-state index in [1.165, 1.54) is 33.3 Å². The van der Waals surface area contributed by atoms with Crippen LogP contribution < -0.4 is 27.0 Å². The van der Waals surface area contributed by atoms with E-state index in [1.54, 1.807) is 60.6 Å². The van der Waals surface area contributed by atoms with E-state index in [0.29, 0.717) is 26.2 Å². The SMILES string of the molecule is C=CCOCC[C@H](NC(=O)[C@H](C)CC(=O)[C@H](COCC=C)NC(=O)OC(C)(C)C)C(=O)OC.C=CCOCC[C@H](NC(=O)[C@H](C)N)C(=O)OC.C=CCOC[C@H](NC(=O)OC(C)(C)C)C(=O)O.Cl. The van der Waals surface area contributed by atoms with E-state index < -0.39 is 95.0 Å². The van der Waals surface area contributed by atoms with Crippen LogP contribution >= 0.6 is 12.4 Å². The molecule has 22 nitrogen and oxygen atoms in total. The number of carbonyl (C=O) groups is 8. The van der Waals surface area contributed by atoms with E-state index in [1.807, 2.05) is 0 Å². The van der Waals surface area contributed by atoms with Crippen LogP contribution in [0.15, 0.2) is 50.6 Å². The van der Waals surface area contributed by atoms with Crippen LogP contribution in [0, 0.1) is 5.92 Å². The summed E-state index contributed by atoms with van der Waals surface area (Å²) >= 11 is 0. The smallest absolute Gasteiger partial charge is 0.408 e. The second-order valence-electron chi connectivity index (χ2n) is 16.2. The van der Waals surface area contributed by atoms with Crippen molar-refractivity contribution in [2.24, 2.45) is 11.7 Å². The Morgan fingerprint density at radius 2 is 0.926 bits per heavy atom. The third kappa shape index (κ3) is 38.7. The highest BCUT2D eigenvalue weighted by Gasteiger charge is 2.30. The number of nitrogens with one attached hydrogen (secondary N) is 4. The van der Waals surface area contributed by atoms with Gasteiger partial charge in [0.1, 0.15) is 29.3 Å². The van der Waals surface area contributed by atoms with Crippen LogP contribution in [0.4, 0.5) is 9.59 Å². The molecule has 0 rings (SSSR count). The van der Waals surface area contributed by atoms with Gasteiger partial charge in [0.25, 0.3) is 0 Å². The summed E-state index contributed by atoms with van der Waals surface area (Å²) < 4.78 is 40.1. The number of amides is 4. The number of ether oxygens (including phenoxy) is 8. The number of nitrogens with two attached hydrogens (primary N) is 1. The monoisotopic (exact) mass is 996 g/mol. The summed E-state index contributed by atoms with van der Waals surface area (Å²) in [7, 11) is 2.48. The second kappa shape index (κ2) is 39.6. The Morgan fingerprint density at radius 3 is 1.26 bits per heavy atom. The van der Waals surface area contributed by atoms with Crippen molar-refractivity contribution in [3.05, 3.63) is 50.6 Å². The Labute approximate surface area is 407 Å². The van der Waals surface area contributed by atoms with Gasteiger partial charge in [-0.2, -0.15) is 0 Å². The van der Waals surface area contributed by atoms with Gasteiger partial charge in [0, 0.05) is 38.4 Å². The lowest BCUT2D eigenvalue weighted by atomic mass is 9.99. The van der Waals surface area contributed by atoms with Gasteiger partial charge in [-0.05, 0) is 48.5 Å². The zero-order valence-electron chi connectivity index (χ0n) is 41.3. The Kier molecular flexibility index (Phi) is 40.3. The minimum Gasteiger partial charge on any atom is -0.480 e. The van der Waals surface area contributed by atoms with E-state index in [2.05, 4.69) is 52.3 Å². The first-order valence-electron chi connectivity index (χ1n) is 21.2. The molecule has 0 aliphatic rings. The number of rotatable bonds is 30. The minimum atomic E-state index is -1.18. The van der Waals surface area contributed by atoms with Crippen molar-refractivity contribution >= 4 is 60.1 Å². The van der Waals surface area contributed by atoms with Gasteiger partial charge in [-0.25, -0.2) is 24.0 Å². The van der Waals surface area contributed by atoms with E-state index >= 15 is 0 Å². The summed E-state index contributed by atoms with van der Waals surface area (Å²) in [6.45, 7) is 28.7. The number of carboxylic acids is 1. The van der Waals surface area contributed by atoms with Gasteiger partial charge in [0.05, 0.1) is 59.9 Å². The minimum absolute atomic E-state index is 0. The standard InChI is InChI=1S/C23H38N2O8.C11H20N2O4.C11H19NO5.ClH/c1-8-11-31-13-10-17(21(28)30-7)24-20(27)16(3)14-19(26)18(15-32-12-9-2)25-22(29)33-23(4,5)6;1-4-6-17-7-5-9(11(15)16-3)13-10(14)8(2)12;1-5-6-16-7-8(9(13)14)12-10(15)17-11(2,3)4;/h8-9,16-18H,1-2,10-15H2,3-7H3,(H,24,27)(H,25,29);4,8-9H,1,5-7,12H2,2-3H3,(H,13,14);5,8H,1,6-7H2,2-4H3,(H,12,15)(H,13,14);1H/t16-,17+,18+;8-,9-;8-;/m100./s1. The summed E-state index contributed by atoms with van der Waals surface area (Å²) in [6.07, 6.45) is 4.96. The van der Waals surface area contributed by atoms with E-state index in [9.17, 15) is 38.4 Å². The third-order valence-corrected chi connectivity index (χ3v) is 7.66. The molecule has 392 valence electrons. The van der Waals surface area contributed by atoms with Crippen molar-refractivity contribution in [2.75, 3.05) is 67.1 Å². The van der Waals surface area contributed by atoms with E-state index in [4.69, 9.17) is 44.0 Å². The number of hydrogen-bond acceptors (Lipinski definition) is 17. The van der Waals surface area contributed by atoms with Crippen molar-refractivity contribution in [1.82, 2.24) is 21.3 Å². The van der Waals surface area contributed by atoms with Gasteiger partial charge in [-0.1, -0.05) is 31.2 Å². The quantitative estimate of drug-likeness (QED) is 0.0261. The number of esters is 2. The van der Waals surface area contributed by atoms with Crippen LogP contribution in [0.5, 0.6) is 0 Å². The molecule has 6 atom stereocenters. The number of carboxylic acid groups (broad SMARTS) is 1. The fourth-order valence-corrected chi connectivity index (χ4v) is 4.50. The van der Waals surface area contributed by atoms with E-state index in [0.717, 1.165) is 0 Å². The molecule has 0 aromatic carbocycles. The zero-order valence-corrected chi connectivity index (χ0v) is 42.2. The molecule has 0 radical (unpaired) electrons. The van der Waals surface area contributed by atoms with Crippen LogP contribution in [-0.4, -0.2) is 161 Å². The molecule has 7 N–H and O–H groups in total. The van der Waals surface area contributed by atoms with Gasteiger partial charge in [0.2, 0.25) is 11.8 Å². The molecule has 0 fully saturated rings. The number of aliphatic carboxylic acids is 1. The number of Topliss-reactive ketones (excluding diaryl/α,β-unsaturated/α-hetero) is 1. The van der Waals surface area contributed by atoms with Gasteiger partial charge in [0.15, 0.2) is 11.8 Å². The van der Waals surface area contributed by atoms with Crippen LogP contribution in [0.25, 0.3) is 0 Å². The molecule has 0 aromatic rings. The molecule has 0 heterocycles. The molecular formula is C45H78ClN5O17. The predicted molar refractivity (Wildman–Crippen MR) is 255 cm³/mol. The maximum absolute atomic E-state index is 12.8. The van der Waals surface area contributed by atoms with Gasteiger partial charge < -0.3 is 70.0 Å². The molecule has 23 heteroatoms. The molecule has 68 heavy (non-hydrogen) atoms. The lowest BCUT2D eigenvalue weighted by molar-refractivity contribution is -0.146. The second-order valence-corrected chi connectivity index (χ2v) is 16.2. The van der Waals surface area contributed by atoms with Crippen LogP contribution in [0.1, 0.15) is 74.7 Å². The highest BCUT2D eigenvalue weighted by molar-refractivity contribution is 5.93. The first kappa shape index (κ1) is 69.2. The molecule has 0 saturated carbocycles. The fourth-order valence-electron chi connectivity index (χ4n) is 4.50. The number of methoxy groups -OCH3 is 2. The summed E-state index contributed by atoms with van der Waals surface area (Å²) in [4.78, 5) is 94.4. The number of hydrogen-bond donors (Lipinski definition) is 6. The average molecular weight is 997 g/mol. The summed E-state index contributed by atoms with van der Waals surface area (Å²) in [6, 6.07) is -4.47. The third-order valence-electron chi connectivity index (χ3n) is 7.66. The van der Waals surface area contributed by atoms with Crippen molar-refractivity contribution < 1.29 is 81.4 Å². The highest BCUT2D eigenvalue weighted by atomic mass is 35.5. The van der Waals surface area contributed by atoms with Crippen LogP contribution in [-0.2, 0) is 66.7 Å². The Bertz CT molecular complexity index is 1570. The normalized spacial score (nSPS) is 13.2. The number of carbonyl (C=O) groups excluding carboxylic acids is 7. The molecule has 0 bridgehead atoms. The first-order chi connectivity index (χ1) is 31.2.